The molecule has 1 saturated carbocycles. The van der Waals surface area contributed by atoms with Crippen molar-refractivity contribution < 1.29 is 0 Å². The number of thioether (sulfide) groups is 1. The maximum atomic E-state index is 4.57. The summed E-state index contributed by atoms with van der Waals surface area (Å²) in [4.78, 5) is 4.57. The minimum absolute atomic E-state index is 0.724. The summed E-state index contributed by atoms with van der Waals surface area (Å²) in [7, 11) is 0. The molecule has 0 aromatic heterocycles. The summed E-state index contributed by atoms with van der Waals surface area (Å²) < 4.78 is 0. The van der Waals surface area contributed by atoms with Crippen LogP contribution in [0, 0.1) is 0 Å². The first-order valence-electron chi connectivity index (χ1n) is 5.86. The molecule has 2 aliphatic rings. The Bertz CT molecular complexity index is 209. The van der Waals surface area contributed by atoms with E-state index in [9.17, 15) is 0 Å². The lowest BCUT2D eigenvalue weighted by Crippen LogP contribution is -2.29. The highest BCUT2D eigenvalue weighted by molar-refractivity contribution is 8.14. The molecule has 0 aromatic rings. The predicted molar refractivity (Wildman–Crippen MR) is 64.0 cm³/mol. The SMILES string of the molecule is CCCC1CN=C(NC2CCCC2)S1. The van der Waals surface area contributed by atoms with Crippen LogP contribution in [0.15, 0.2) is 4.99 Å². The molecule has 3 heteroatoms. The zero-order chi connectivity index (χ0) is 9.80. The summed E-state index contributed by atoms with van der Waals surface area (Å²) in [5.41, 5.74) is 0. The van der Waals surface area contributed by atoms with Gasteiger partial charge < -0.3 is 5.32 Å². The first kappa shape index (κ1) is 10.3. The van der Waals surface area contributed by atoms with E-state index in [1.807, 2.05) is 11.8 Å². The molecule has 0 saturated heterocycles. The summed E-state index contributed by atoms with van der Waals surface area (Å²) in [6, 6.07) is 0.724. The lowest BCUT2D eigenvalue weighted by Gasteiger charge is -2.13. The van der Waals surface area contributed by atoms with Gasteiger partial charge in [-0.1, -0.05) is 37.9 Å². The Morgan fingerprint density at radius 2 is 2.21 bits per heavy atom. The van der Waals surface area contributed by atoms with Crippen molar-refractivity contribution in [3.8, 4) is 0 Å². The maximum Gasteiger partial charge on any atom is 0.157 e. The number of aliphatic imine (C=N–C) groups is 1. The van der Waals surface area contributed by atoms with E-state index in [1.54, 1.807) is 0 Å². The van der Waals surface area contributed by atoms with Crippen molar-refractivity contribution in [3.63, 3.8) is 0 Å². The van der Waals surface area contributed by atoms with E-state index in [4.69, 9.17) is 0 Å². The Balaban J connectivity index is 1.72. The molecule has 0 bridgehead atoms. The van der Waals surface area contributed by atoms with Crippen molar-refractivity contribution in [2.45, 2.75) is 56.7 Å². The van der Waals surface area contributed by atoms with Crippen LogP contribution < -0.4 is 5.32 Å². The van der Waals surface area contributed by atoms with E-state index in [-0.39, 0.29) is 0 Å². The van der Waals surface area contributed by atoms with Crippen LogP contribution in [0.25, 0.3) is 0 Å². The zero-order valence-corrected chi connectivity index (χ0v) is 9.78. The second-order valence-corrected chi connectivity index (χ2v) is 5.59. The van der Waals surface area contributed by atoms with E-state index in [0.717, 1.165) is 17.8 Å². The molecule has 1 unspecified atom stereocenters. The van der Waals surface area contributed by atoms with E-state index in [0.29, 0.717) is 0 Å². The number of amidine groups is 1. The molecule has 1 aliphatic heterocycles. The molecule has 0 aromatic carbocycles. The number of rotatable bonds is 3. The molecule has 0 amide bonds. The Morgan fingerprint density at radius 1 is 1.43 bits per heavy atom. The van der Waals surface area contributed by atoms with Crippen molar-refractivity contribution in [3.05, 3.63) is 0 Å². The fourth-order valence-electron chi connectivity index (χ4n) is 2.21. The number of hydrogen-bond donors (Lipinski definition) is 1. The van der Waals surface area contributed by atoms with Gasteiger partial charge in [0.05, 0.1) is 6.54 Å². The highest BCUT2D eigenvalue weighted by Gasteiger charge is 2.22. The highest BCUT2D eigenvalue weighted by atomic mass is 32.2. The molecule has 2 nitrogen and oxygen atoms in total. The first-order chi connectivity index (χ1) is 6.88. The van der Waals surface area contributed by atoms with Gasteiger partial charge in [0.25, 0.3) is 0 Å². The second kappa shape index (κ2) is 5.06. The van der Waals surface area contributed by atoms with Crippen molar-refractivity contribution >= 4 is 16.9 Å². The standard InChI is InChI=1S/C11H20N2S/c1-2-5-10-8-12-11(14-10)13-9-6-3-4-7-9/h9-10H,2-8H2,1H3,(H,12,13). The molecule has 1 atom stereocenters. The Hall–Kier alpha value is -0.180. The Kier molecular flexibility index (Phi) is 3.74. The Morgan fingerprint density at radius 3 is 2.93 bits per heavy atom. The molecule has 80 valence electrons. The monoisotopic (exact) mass is 212 g/mol. The Labute approximate surface area is 90.9 Å². The third-order valence-electron chi connectivity index (χ3n) is 3.01. The fraction of sp³-hybridized carbons (Fsp3) is 0.909. The average Bonchev–Trinajstić information content (AvgIpc) is 2.79. The molecule has 14 heavy (non-hydrogen) atoms. The van der Waals surface area contributed by atoms with Gasteiger partial charge in [-0.3, -0.25) is 4.99 Å². The zero-order valence-electron chi connectivity index (χ0n) is 8.96. The highest BCUT2D eigenvalue weighted by Crippen LogP contribution is 2.25. The number of nitrogens with zero attached hydrogens (tertiary/aromatic N) is 1. The van der Waals surface area contributed by atoms with Crippen LogP contribution in [-0.4, -0.2) is 23.0 Å². The summed E-state index contributed by atoms with van der Waals surface area (Å²) >= 11 is 1.96. The van der Waals surface area contributed by atoms with Crippen LogP contribution >= 0.6 is 11.8 Å². The van der Waals surface area contributed by atoms with Gasteiger partial charge in [0, 0.05) is 11.3 Å². The van der Waals surface area contributed by atoms with Gasteiger partial charge in [-0.25, -0.2) is 0 Å². The van der Waals surface area contributed by atoms with Crippen LogP contribution in [0.2, 0.25) is 0 Å². The smallest absolute Gasteiger partial charge is 0.157 e. The minimum Gasteiger partial charge on any atom is -0.362 e. The van der Waals surface area contributed by atoms with Crippen LogP contribution in [0.1, 0.15) is 45.4 Å². The predicted octanol–water partition coefficient (Wildman–Crippen LogP) is 2.79. The fourth-order valence-corrected chi connectivity index (χ4v) is 3.42. The lowest BCUT2D eigenvalue weighted by molar-refractivity contribution is 0.635. The number of hydrogen-bond acceptors (Lipinski definition) is 3. The van der Waals surface area contributed by atoms with E-state index >= 15 is 0 Å². The molecular formula is C11H20N2S. The van der Waals surface area contributed by atoms with Crippen molar-refractivity contribution in [2.75, 3.05) is 6.54 Å². The molecule has 0 spiro atoms. The van der Waals surface area contributed by atoms with E-state index in [1.165, 1.54) is 43.7 Å². The summed E-state index contributed by atoms with van der Waals surface area (Å²) in [6.45, 7) is 3.29. The normalized spacial score (nSPS) is 28.1. The molecular weight excluding hydrogens is 192 g/mol. The van der Waals surface area contributed by atoms with Crippen molar-refractivity contribution in [2.24, 2.45) is 4.99 Å². The van der Waals surface area contributed by atoms with E-state index in [2.05, 4.69) is 17.2 Å². The summed E-state index contributed by atoms with van der Waals surface area (Å²) in [5.74, 6) is 0. The average molecular weight is 212 g/mol. The topological polar surface area (TPSA) is 24.4 Å². The van der Waals surface area contributed by atoms with Crippen molar-refractivity contribution in [1.29, 1.82) is 0 Å². The van der Waals surface area contributed by atoms with Gasteiger partial charge in [-0.15, -0.1) is 0 Å². The quantitative estimate of drug-likeness (QED) is 0.778. The molecule has 0 radical (unpaired) electrons. The third kappa shape index (κ3) is 2.66. The molecule has 1 fully saturated rings. The van der Waals surface area contributed by atoms with Crippen LogP contribution in [0.4, 0.5) is 0 Å². The molecule has 1 heterocycles. The van der Waals surface area contributed by atoms with Crippen molar-refractivity contribution in [1.82, 2.24) is 5.32 Å². The summed E-state index contributed by atoms with van der Waals surface area (Å²) in [6.07, 6.45) is 8.08. The summed E-state index contributed by atoms with van der Waals surface area (Å²) in [5, 5.41) is 5.55. The third-order valence-corrected chi connectivity index (χ3v) is 4.20. The van der Waals surface area contributed by atoms with Gasteiger partial charge in [0.1, 0.15) is 0 Å². The minimum atomic E-state index is 0.724. The van der Waals surface area contributed by atoms with Gasteiger partial charge in [-0.2, -0.15) is 0 Å². The second-order valence-electron chi connectivity index (χ2n) is 4.30. The van der Waals surface area contributed by atoms with Gasteiger partial charge >= 0.3 is 0 Å². The molecule has 1 aliphatic carbocycles. The van der Waals surface area contributed by atoms with Gasteiger partial charge in [0.2, 0.25) is 0 Å². The van der Waals surface area contributed by atoms with E-state index < -0.39 is 0 Å². The lowest BCUT2D eigenvalue weighted by atomic mass is 10.2. The molecule has 2 rings (SSSR count). The van der Waals surface area contributed by atoms with Crippen LogP contribution in [-0.2, 0) is 0 Å². The van der Waals surface area contributed by atoms with Crippen LogP contribution in [0.3, 0.4) is 0 Å². The maximum absolute atomic E-state index is 4.57. The van der Waals surface area contributed by atoms with Crippen LogP contribution in [0.5, 0.6) is 0 Å². The first-order valence-corrected chi connectivity index (χ1v) is 6.74. The van der Waals surface area contributed by atoms with Gasteiger partial charge in [0.15, 0.2) is 5.17 Å². The molecule has 1 N–H and O–H groups in total. The number of nitrogens with one attached hydrogen (secondary N) is 1. The largest absolute Gasteiger partial charge is 0.362 e. The van der Waals surface area contributed by atoms with Gasteiger partial charge in [-0.05, 0) is 19.3 Å².